The summed E-state index contributed by atoms with van der Waals surface area (Å²) < 4.78 is 12.0. The zero-order valence-electron chi connectivity index (χ0n) is 11.0. The Hall–Kier alpha value is -0.840. The second kappa shape index (κ2) is 5.88. The zero-order chi connectivity index (χ0) is 14.1. The van der Waals surface area contributed by atoms with Gasteiger partial charge in [-0.15, -0.1) is 0 Å². The Bertz CT molecular complexity index is 640. The summed E-state index contributed by atoms with van der Waals surface area (Å²) in [6.07, 6.45) is 0. The molecule has 0 amide bonds. The fraction of sp³-hybridized carbons (Fsp3) is 0.250. The van der Waals surface area contributed by atoms with Crippen molar-refractivity contribution in [3.63, 3.8) is 0 Å². The van der Waals surface area contributed by atoms with E-state index in [4.69, 9.17) is 9.47 Å². The minimum atomic E-state index is 0.108. The van der Waals surface area contributed by atoms with Gasteiger partial charge in [0.2, 0.25) is 0 Å². The minimum Gasteiger partial charge on any atom is -0.496 e. The Balaban J connectivity index is 1.98. The normalized spacial score (nSPS) is 14.9. The summed E-state index contributed by atoms with van der Waals surface area (Å²) in [5.41, 5.74) is 4.91. The maximum atomic E-state index is 5.48. The molecule has 0 saturated heterocycles. The quantitative estimate of drug-likeness (QED) is 0.680. The molecule has 0 spiro atoms. The number of hydrogen-bond donors (Lipinski definition) is 0. The van der Waals surface area contributed by atoms with E-state index in [0.29, 0.717) is 6.61 Å². The summed E-state index contributed by atoms with van der Waals surface area (Å²) in [7, 11) is 1.70. The lowest BCUT2D eigenvalue weighted by Gasteiger charge is -2.16. The number of methoxy groups -OCH3 is 1. The molecule has 1 aliphatic rings. The molecule has 0 fully saturated rings. The van der Waals surface area contributed by atoms with Gasteiger partial charge in [0.15, 0.2) is 0 Å². The first-order valence-corrected chi connectivity index (χ1v) is 8.07. The van der Waals surface area contributed by atoms with Gasteiger partial charge in [-0.25, -0.2) is 0 Å². The number of hydrogen-bond acceptors (Lipinski definition) is 2. The Labute approximate surface area is 135 Å². The van der Waals surface area contributed by atoms with Gasteiger partial charge in [-0.2, -0.15) is 0 Å². The second-order valence-electron chi connectivity index (χ2n) is 4.77. The first-order chi connectivity index (χ1) is 9.69. The highest BCUT2D eigenvalue weighted by Gasteiger charge is 2.18. The van der Waals surface area contributed by atoms with Crippen molar-refractivity contribution in [2.75, 3.05) is 7.11 Å². The molecule has 1 atom stereocenters. The number of halogens is 2. The molecule has 3 rings (SSSR count). The van der Waals surface area contributed by atoms with Crippen LogP contribution in [0, 0.1) is 0 Å². The molecule has 104 valence electrons. The zero-order valence-corrected chi connectivity index (χ0v) is 14.2. The standard InChI is InChI=1S/C16H14Br2O2/c1-19-15-7-13(17)4-5-14(15)16(18)10-2-3-11-8-20-9-12(11)6-10/h2-7,16H,8-9H2,1H3. The molecule has 2 nitrogen and oxygen atoms in total. The summed E-state index contributed by atoms with van der Waals surface area (Å²) in [5.74, 6) is 0.873. The molecule has 20 heavy (non-hydrogen) atoms. The minimum absolute atomic E-state index is 0.108. The molecule has 0 radical (unpaired) electrons. The molecule has 0 N–H and O–H groups in total. The van der Waals surface area contributed by atoms with Crippen molar-refractivity contribution in [2.45, 2.75) is 18.0 Å². The van der Waals surface area contributed by atoms with Crippen LogP contribution < -0.4 is 4.74 Å². The van der Waals surface area contributed by atoms with E-state index in [1.54, 1.807) is 7.11 Å². The van der Waals surface area contributed by atoms with Crippen molar-refractivity contribution in [1.82, 2.24) is 0 Å². The summed E-state index contributed by atoms with van der Waals surface area (Å²) in [6, 6.07) is 12.6. The van der Waals surface area contributed by atoms with Crippen LogP contribution in [0.3, 0.4) is 0 Å². The van der Waals surface area contributed by atoms with Crippen LogP contribution in [0.4, 0.5) is 0 Å². The van der Waals surface area contributed by atoms with Crippen LogP contribution in [0.5, 0.6) is 5.75 Å². The van der Waals surface area contributed by atoms with Gasteiger partial charge in [-0.1, -0.05) is 56.1 Å². The molecule has 0 aliphatic carbocycles. The fourth-order valence-electron chi connectivity index (χ4n) is 2.42. The molecule has 2 aromatic rings. The maximum absolute atomic E-state index is 5.48. The lowest BCUT2D eigenvalue weighted by Crippen LogP contribution is -1.98. The summed E-state index contributed by atoms with van der Waals surface area (Å²) in [5, 5.41) is 0. The predicted molar refractivity (Wildman–Crippen MR) is 86.4 cm³/mol. The van der Waals surface area contributed by atoms with Crippen LogP contribution in [0.15, 0.2) is 40.9 Å². The van der Waals surface area contributed by atoms with E-state index < -0.39 is 0 Å². The number of benzene rings is 2. The SMILES string of the molecule is COc1cc(Br)ccc1C(Br)c1ccc2c(c1)COC2. The van der Waals surface area contributed by atoms with E-state index in [-0.39, 0.29) is 4.83 Å². The fourth-order valence-corrected chi connectivity index (χ4v) is 3.43. The van der Waals surface area contributed by atoms with Crippen LogP contribution in [0.2, 0.25) is 0 Å². The maximum Gasteiger partial charge on any atom is 0.124 e. The van der Waals surface area contributed by atoms with Gasteiger partial charge in [0, 0.05) is 10.0 Å². The lowest BCUT2D eigenvalue weighted by atomic mass is 10.00. The van der Waals surface area contributed by atoms with Crippen LogP contribution in [0.25, 0.3) is 0 Å². The average molecular weight is 398 g/mol. The van der Waals surface area contributed by atoms with E-state index in [1.165, 1.54) is 16.7 Å². The molecular formula is C16H14Br2O2. The van der Waals surface area contributed by atoms with Crippen molar-refractivity contribution >= 4 is 31.9 Å². The van der Waals surface area contributed by atoms with Crippen molar-refractivity contribution < 1.29 is 9.47 Å². The van der Waals surface area contributed by atoms with Gasteiger partial charge in [0.05, 0.1) is 25.2 Å². The van der Waals surface area contributed by atoms with E-state index >= 15 is 0 Å². The Morgan fingerprint density at radius 3 is 2.70 bits per heavy atom. The number of rotatable bonds is 3. The Kier molecular flexibility index (Phi) is 4.15. The Morgan fingerprint density at radius 2 is 1.90 bits per heavy atom. The van der Waals surface area contributed by atoms with Crippen molar-refractivity contribution in [1.29, 1.82) is 0 Å². The summed E-state index contributed by atoms with van der Waals surface area (Å²) in [4.78, 5) is 0.108. The topological polar surface area (TPSA) is 18.5 Å². The van der Waals surface area contributed by atoms with E-state index in [1.807, 2.05) is 12.1 Å². The van der Waals surface area contributed by atoms with Gasteiger partial charge < -0.3 is 9.47 Å². The van der Waals surface area contributed by atoms with Gasteiger partial charge in [0.1, 0.15) is 5.75 Å². The second-order valence-corrected chi connectivity index (χ2v) is 6.60. The average Bonchev–Trinajstić information content (AvgIpc) is 2.93. The van der Waals surface area contributed by atoms with Crippen molar-refractivity contribution in [3.05, 3.63) is 63.1 Å². The summed E-state index contributed by atoms with van der Waals surface area (Å²) in [6.45, 7) is 1.44. The third-order valence-electron chi connectivity index (χ3n) is 3.51. The molecule has 4 heteroatoms. The molecule has 1 unspecified atom stereocenters. The monoisotopic (exact) mass is 396 g/mol. The van der Waals surface area contributed by atoms with Gasteiger partial charge in [-0.3, -0.25) is 0 Å². The van der Waals surface area contributed by atoms with E-state index in [0.717, 1.165) is 22.4 Å². The van der Waals surface area contributed by atoms with Gasteiger partial charge in [0.25, 0.3) is 0 Å². The Morgan fingerprint density at radius 1 is 1.10 bits per heavy atom. The highest BCUT2D eigenvalue weighted by molar-refractivity contribution is 9.10. The van der Waals surface area contributed by atoms with Gasteiger partial charge in [-0.05, 0) is 28.8 Å². The molecule has 1 heterocycles. The third-order valence-corrected chi connectivity index (χ3v) is 5.02. The highest BCUT2D eigenvalue weighted by atomic mass is 79.9. The number of ether oxygens (including phenoxy) is 2. The molecule has 1 aliphatic heterocycles. The molecule has 2 aromatic carbocycles. The van der Waals surface area contributed by atoms with Crippen molar-refractivity contribution in [2.24, 2.45) is 0 Å². The van der Waals surface area contributed by atoms with Crippen LogP contribution in [-0.2, 0) is 18.0 Å². The first kappa shape index (κ1) is 14.1. The summed E-state index contributed by atoms with van der Waals surface area (Å²) >= 11 is 7.25. The molecular weight excluding hydrogens is 384 g/mol. The third kappa shape index (κ3) is 2.65. The lowest BCUT2D eigenvalue weighted by molar-refractivity contribution is 0.134. The number of fused-ring (bicyclic) bond motifs is 1. The number of alkyl halides is 1. The van der Waals surface area contributed by atoms with Crippen molar-refractivity contribution in [3.8, 4) is 5.75 Å². The van der Waals surface area contributed by atoms with Crippen LogP contribution >= 0.6 is 31.9 Å². The molecule has 0 bridgehead atoms. The highest BCUT2D eigenvalue weighted by Crippen LogP contribution is 2.39. The predicted octanol–water partition coefficient (Wildman–Crippen LogP) is 4.97. The smallest absolute Gasteiger partial charge is 0.124 e. The van der Waals surface area contributed by atoms with E-state index in [2.05, 4.69) is 56.1 Å². The van der Waals surface area contributed by atoms with Crippen LogP contribution in [0.1, 0.15) is 27.1 Å². The largest absolute Gasteiger partial charge is 0.496 e. The van der Waals surface area contributed by atoms with E-state index in [9.17, 15) is 0 Å². The molecule has 0 saturated carbocycles. The van der Waals surface area contributed by atoms with Crippen LogP contribution in [-0.4, -0.2) is 7.11 Å². The molecule has 0 aromatic heterocycles. The van der Waals surface area contributed by atoms with Gasteiger partial charge >= 0.3 is 0 Å². The first-order valence-electron chi connectivity index (χ1n) is 6.36.